The number of aliphatic hydroxyl groups is 1. The Hall–Kier alpha value is -1.02. The van der Waals surface area contributed by atoms with Crippen molar-refractivity contribution < 1.29 is 5.11 Å². The monoisotopic (exact) mass is 219 g/mol. The van der Waals surface area contributed by atoms with Crippen LogP contribution in [0.4, 0.5) is 5.69 Å². The third-order valence-corrected chi connectivity index (χ3v) is 3.66. The molecule has 1 atom stereocenters. The molecule has 0 aromatic heterocycles. The standard InChI is InChI=1S/C14H21NO/c1-11(16)12-7-9-14(10-8-12)15(2)13-5-3-4-6-13/h7-11,13,16H,3-6H2,1-2H3. The van der Waals surface area contributed by atoms with Gasteiger partial charge in [0.1, 0.15) is 0 Å². The average molecular weight is 219 g/mol. The zero-order chi connectivity index (χ0) is 11.5. The second-order valence-electron chi connectivity index (χ2n) is 4.82. The Bertz CT molecular complexity index is 325. The second kappa shape index (κ2) is 4.88. The fraction of sp³-hybridized carbons (Fsp3) is 0.571. The highest BCUT2D eigenvalue weighted by Gasteiger charge is 2.19. The van der Waals surface area contributed by atoms with Crippen molar-refractivity contribution in [1.82, 2.24) is 0 Å². The first-order valence-electron chi connectivity index (χ1n) is 6.19. The van der Waals surface area contributed by atoms with E-state index in [1.54, 1.807) is 6.92 Å². The van der Waals surface area contributed by atoms with Crippen LogP contribution in [-0.4, -0.2) is 18.2 Å². The Balaban J connectivity index is 2.08. The van der Waals surface area contributed by atoms with Crippen LogP contribution in [0.5, 0.6) is 0 Å². The summed E-state index contributed by atoms with van der Waals surface area (Å²) in [6.45, 7) is 1.80. The largest absolute Gasteiger partial charge is 0.389 e. The molecule has 1 aromatic carbocycles. The lowest BCUT2D eigenvalue weighted by molar-refractivity contribution is 0.199. The Morgan fingerprint density at radius 2 is 1.75 bits per heavy atom. The number of rotatable bonds is 3. The molecule has 2 rings (SSSR count). The number of nitrogens with zero attached hydrogens (tertiary/aromatic N) is 1. The minimum atomic E-state index is -0.370. The van der Waals surface area contributed by atoms with E-state index in [4.69, 9.17) is 0 Å². The maximum atomic E-state index is 9.45. The highest BCUT2D eigenvalue weighted by Crippen LogP contribution is 2.27. The summed E-state index contributed by atoms with van der Waals surface area (Å²) < 4.78 is 0. The lowest BCUT2D eigenvalue weighted by atomic mass is 10.1. The summed E-state index contributed by atoms with van der Waals surface area (Å²) in [7, 11) is 2.17. The molecular weight excluding hydrogens is 198 g/mol. The molecule has 88 valence electrons. The molecule has 1 unspecified atom stereocenters. The summed E-state index contributed by atoms with van der Waals surface area (Å²) in [5.41, 5.74) is 2.25. The molecule has 0 amide bonds. The summed E-state index contributed by atoms with van der Waals surface area (Å²) in [6.07, 6.45) is 4.98. The van der Waals surface area contributed by atoms with Gasteiger partial charge in [-0.25, -0.2) is 0 Å². The van der Waals surface area contributed by atoms with Crippen LogP contribution in [0.25, 0.3) is 0 Å². The maximum Gasteiger partial charge on any atom is 0.0761 e. The predicted molar refractivity (Wildman–Crippen MR) is 67.7 cm³/mol. The Morgan fingerprint density at radius 1 is 1.19 bits per heavy atom. The van der Waals surface area contributed by atoms with Gasteiger partial charge in [0.25, 0.3) is 0 Å². The van der Waals surface area contributed by atoms with Crippen molar-refractivity contribution in [2.75, 3.05) is 11.9 Å². The summed E-state index contributed by atoms with van der Waals surface area (Å²) in [4.78, 5) is 2.37. The van der Waals surface area contributed by atoms with Crippen LogP contribution in [0.2, 0.25) is 0 Å². The van der Waals surface area contributed by atoms with Gasteiger partial charge in [-0.05, 0) is 37.5 Å². The lowest BCUT2D eigenvalue weighted by Crippen LogP contribution is -2.28. The molecule has 0 saturated heterocycles. The minimum absolute atomic E-state index is 0.370. The molecule has 1 saturated carbocycles. The van der Waals surface area contributed by atoms with E-state index in [1.807, 2.05) is 12.1 Å². The van der Waals surface area contributed by atoms with Crippen LogP contribution < -0.4 is 4.90 Å². The first kappa shape index (κ1) is 11.5. The summed E-state index contributed by atoms with van der Waals surface area (Å²) in [5, 5.41) is 9.45. The number of anilines is 1. The zero-order valence-corrected chi connectivity index (χ0v) is 10.2. The van der Waals surface area contributed by atoms with Gasteiger partial charge in [0.15, 0.2) is 0 Å². The van der Waals surface area contributed by atoms with Crippen molar-refractivity contribution in [3.05, 3.63) is 29.8 Å². The molecule has 0 spiro atoms. The predicted octanol–water partition coefficient (Wildman–Crippen LogP) is 3.12. The van der Waals surface area contributed by atoms with Gasteiger partial charge < -0.3 is 10.0 Å². The first-order valence-corrected chi connectivity index (χ1v) is 6.19. The molecule has 0 heterocycles. The smallest absolute Gasteiger partial charge is 0.0761 e. The number of aliphatic hydroxyl groups excluding tert-OH is 1. The quantitative estimate of drug-likeness (QED) is 0.844. The van der Waals surface area contributed by atoms with Crippen molar-refractivity contribution >= 4 is 5.69 Å². The number of hydrogen-bond donors (Lipinski definition) is 1. The van der Waals surface area contributed by atoms with Gasteiger partial charge in [-0.3, -0.25) is 0 Å². The molecule has 1 N–H and O–H groups in total. The van der Waals surface area contributed by atoms with Crippen molar-refractivity contribution in [2.45, 2.75) is 44.8 Å². The summed E-state index contributed by atoms with van der Waals surface area (Å²) in [5.74, 6) is 0. The van der Waals surface area contributed by atoms with E-state index >= 15 is 0 Å². The highest BCUT2D eigenvalue weighted by molar-refractivity contribution is 5.48. The first-order chi connectivity index (χ1) is 7.68. The fourth-order valence-corrected chi connectivity index (χ4v) is 2.49. The van der Waals surface area contributed by atoms with Gasteiger partial charge >= 0.3 is 0 Å². The van der Waals surface area contributed by atoms with Crippen molar-refractivity contribution in [3.8, 4) is 0 Å². The van der Waals surface area contributed by atoms with E-state index in [0.29, 0.717) is 6.04 Å². The van der Waals surface area contributed by atoms with Crippen LogP contribution in [0, 0.1) is 0 Å². The van der Waals surface area contributed by atoms with Crippen LogP contribution in [0.3, 0.4) is 0 Å². The van der Waals surface area contributed by atoms with Crippen molar-refractivity contribution in [2.24, 2.45) is 0 Å². The maximum absolute atomic E-state index is 9.45. The molecule has 16 heavy (non-hydrogen) atoms. The summed E-state index contributed by atoms with van der Waals surface area (Å²) in [6, 6.07) is 8.97. The third-order valence-electron chi connectivity index (χ3n) is 3.66. The molecule has 1 aliphatic rings. The van der Waals surface area contributed by atoms with Gasteiger partial charge in [0.05, 0.1) is 6.10 Å². The Morgan fingerprint density at radius 3 is 2.25 bits per heavy atom. The van der Waals surface area contributed by atoms with Gasteiger partial charge in [0, 0.05) is 18.8 Å². The van der Waals surface area contributed by atoms with E-state index < -0.39 is 0 Å². The Kier molecular flexibility index (Phi) is 3.49. The average Bonchev–Trinajstić information content (AvgIpc) is 2.81. The van der Waals surface area contributed by atoms with E-state index in [-0.39, 0.29) is 6.10 Å². The molecule has 0 radical (unpaired) electrons. The van der Waals surface area contributed by atoms with Crippen molar-refractivity contribution in [1.29, 1.82) is 0 Å². The minimum Gasteiger partial charge on any atom is -0.389 e. The van der Waals surface area contributed by atoms with Crippen LogP contribution in [-0.2, 0) is 0 Å². The third kappa shape index (κ3) is 2.38. The molecule has 1 aliphatic carbocycles. The lowest BCUT2D eigenvalue weighted by Gasteiger charge is -2.26. The summed E-state index contributed by atoms with van der Waals surface area (Å²) >= 11 is 0. The molecular formula is C14H21NO. The number of hydrogen-bond acceptors (Lipinski definition) is 2. The molecule has 1 aromatic rings. The van der Waals surface area contributed by atoms with Crippen LogP contribution >= 0.6 is 0 Å². The normalized spacial score (nSPS) is 18.7. The Labute approximate surface area is 97.9 Å². The zero-order valence-electron chi connectivity index (χ0n) is 10.2. The van der Waals surface area contributed by atoms with Gasteiger partial charge in [-0.1, -0.05) is 25.0 Å². The van der Waals surface area contributed by atoms with E-state index in [0.717, 1.165) is 5.56 Å². The van der Waals surface area contributed by atoms with Gasteiger partial charge in [0.2, 0.25) is 0 Å². The topological polar surface area (TPSA) is 23.5 Å². The number of benzene rings is 1. The van der Waals surface area contributed by atoms with Crippen LogP contribution in [0.1, 0.15) is 44.3 Å². The van der Waals surface area contributed by atoms with E-state index in [2.05, 4.69) is 24.1 Å². The van der Waals surface area contributed by atoms with E-state index in [1.165, 1.54) is 31.4 Å². The highest BCUT2D eigenvalue weighted by atomic mass is 16.3. The molecule has 1 fully saturated rings. The second-order valence-corrected chi connectivity index (χ2v) is 4.82. The fourth-order valence-electron chi connectivity index (χ4n) is 2.49. The van der Waals surface area contributed by atoms with Crippen molar-refractivity contribution in [3.63, 3.8) is 0 Å². The molecule has 2 heteroatoms. The molecule has 0 bridgehead atoms. The molecule has 2 nitrogen and oxygen atoms in total. The van der Waals surface area contributed by atoms with Gasteiger partial charge in [-0.15, -0.1) is 0 Å². The molecule has 0 aliphatic heterocycles. The SMILES string of the molecule is CC(O)c1ccc(N(C)C2CCCC2)cc1. The van der Waals surface area contributed by atoms with E-state index in [9.17, 15) is 5.11 Å². The van der Waals surface area contributed by atoms with Crippen LogP contribution in [0.15, 0.2) is 24.3 Å². The van der Waals surface area contributed by atoms with Gasteiger partial charge in [-0.2, -0.15) is 0 Å².